The SMILES string of the molecule is Cc1cccc(N2C[C@@H](C(=O)NC[C@@H](c3ccco3)N3CCCC3)CC2=O)c1C. The predicted octanol–water partition coefficient (Wildman–Crippen LogP) is 3.20. The second-order valence-electron chi connectivity index (χ2n) is 8.14. The van der Waals surface area contributed by atoms with Gasteiger partial charge < -0.3 is 14.6 Å². The van der Waals surface area contributed by atoms with Crippen LogP contribution in [0.15, 0.2) is 41.0 Å². The van der Waals surface area contributed by atoms with E-state index in [0.717, 1.165) is 35.7 Å². The fraction of sp³-hybridized carbons (Fsp3) is 0.478. The summed E-state index contributed by atoms with van der Waals surface area (Å²) in [6, 6.07) is 9.86. The van der Waals surface area contributed by atoms with E-state index in [4.69, 9.17) is 4.42 Å². The van der Waals surface area contributed by atoms with Crippen molar-refractivity contribution in [2.45, 2.75) is 39.2 Å². The van der Waals surface area contributed by atoms with Gasteiger partial charge in [0.2, 0.25) is 11.8 Å². The summed E-state index contributed by atoms with van der Waals surface area (Å²) in [6.45, 7) is 7.03. The molecule has 0 spiro atoms. The Morgan fingerprint density at radius 1 is 1.21 bits per heavy atom. The van der Waals surface area contributed by atoms with Crippen LogP contribution < -0.4 is 10.2 Å². The first-order valence-electron chi connectivity index (χ1n) is 10.5. The molecule has 6 heteroatoms. The lowest BCUT2D eigenvalue weighted by Crippen LogP contribution is -2.39. The predicted molar refractivity (Wildman–Crippen MR) is 112 cm³/mol. The Labute approximate surface area is 171 Å². The first-order valence-corrected chi connectivity index (χ1v) is 10.5. The number of carbonyl (C=O) groups excluding carboxylic acids is 2. The van der Waals surface area contributed by atoms with Gasteiger partial charge in [0.05, 0.1) is 18.2 Å². The van der Waals surface area contributed by atoms with Crippen LogP contribution in [0.2, 0.25) is 0 Å². The normalized spacial score (nSPS) is 21.0. The van der Waals surface area contributed by atoms with Gasteiger partial charge in [-0.1, -0.05) is 12.1 Å². The van der Waals surface area contributed by atoms with Crippen molar-refractivity contribution in [3.63, 3.8) is 0 Å². The number of amides is 2. The van der Waals surface area contributed by atoms with Crippen LogP contribution in [0.1, 0.15) is 42.2 Å². The Morgan fingerprint density at radius 2 is 2.00 bits per heavy atom. The van der Waals surface area contributed by atoms with Crippen LogP contribution in [0.25, 0.3) is 0 Å². The van der Waals surface area contributed by atoms with E-state index in [1.807, 2.05) is 44.2 Å². The number of likely N-dealkylation sites (tertiary alicyclic amines) is 1. The molecule has 0 aliphatic carbocycles. The van der Waals surface area contributed by atoms with Crippen LogP contribution in [0, 0.1) is 19.8 Å². The van der Waals surface area contributed by atoms with E-state index in [9.17, 15) is 9.59 Å². The minimum Gasteiger partial charge on any atom is -0.468 e. The van der Waals surface area contributed by atoms with Gasteiger partial charge >= 0.3 is 0 Å². The van der Waals surface area contributed by atoms with Gasteiger partial charge in [0, 0.05) is 25.2 Å². The van der Waals surface area contributed by atoms with E-state index in [-0.39, 0.29) is 30.2 Å². The molecule has 2 atom stereocenters. The summed E-state index contributed by atoms with van der Waals surface area (Å²) in [4.78, 5) is 29.6. The molecule has 2 aliphatic rings. The van der Waals surface area contributed by atoms with Gasteiger partial charge in [0.1, 0.15) is 5.76 Å². The van der Waals surface area contributed by atoms with Gasteiger partial charge in [0.25, 0.3) is 0 Å². The van der Waals surface area contributed by atoms with Gasteiger partial charge in [-0.3, -0.25) is 14.5 Å². The van der Waals surface area contributed by atoms with Gasteiger partial charge in [-0.2, -0.15) is 0 Å². The molecule has 1 N–H and O–H groups in total. The fourth-order valence-electron chi connectivity index (χ4n) is 4.43. The Kier molecular flexibility index (Phi) is 5.72. The number of furan rings is 1. The third-order valence-corrected chi connectivity index (χ3v) is 6.29. The zero-order chi connectivity index (χ0) is 20.4. The molecular weight excluding hydrogens is 366 g/mol. The molecule has 2 aromatic rings. The molecule has 2 amide bonds. The topological polar surface area (TPSA) is 65.8 Å². The largest absolute Gasteiger partial charge is 0.468 e. The summed E-state index contributed by atoms with van der Waals surface area (Å²) < 4.78 is 5.63. The number of rotatable bonds is 6. The lowest BCUT2D eigenvalue weighted by molar-refractivity contribution is -0.126. The minimum absolute atomic E-state index is 0.0148. The number of hydrogen-bond donors (Lipinski definition) is 1. The highest BCUT2D eigenvalue weighted by atomic mass is 16.3. The molecule has 0 saturated carbocycles. The van der Waals surface area contributed by atoms with E-state index in [2.05, 4.69) is 10.2 Å². The summed E-state index contributed by atoms with van der Waals surface area (Å²) in [7, 11) is 0. The highest BCUT2D eigenvalue weighted by molar-refractivity contribution is 6.00. The molecular formula is C23H29N3O3. The Balaban J connectivity index is 1.41. The van der Waals surface area contributed by atoms with Gasteiger partial charge in [-0.15, -0.1) is 0 Å². The molecule has 1 aromatic heterocycles. The third kappa shape index (κ3) is 4.08. The minimum atomic E-state index is -0.321. The third-order valence-electron chi connectivity index (χ3n) is 6.29. The maximum absolute atomic E-state index is 12.9. The van der Waals surface area contributed by atoms with Crippen molar-refractivity contribution in [1.29, 1.82) is 0 Å². The zero-order valence-corrected chi connectivity index (χ0v) is 17.2. The molecule has 2 aliphatic heterocycles. The average molecular weight is 396 g/mol. The Bertz CT molecular complexity index is 871. The van der Waals surface area contributed by atoms with Gasteiger partial charge in [0.15, 0.2) is 0 Å². The highest BCUT2D eigenvalue weighted by Gasteiger charge is 2.36. The summed E-state index contributed by atoms with van der Waals surface area (Å²) in [5, 5.41) is 3.09. The molecule has 1 aromatic carbocycles. The van der Waals surface area contributed by atoms with E-state index < -0.39 is 0 Å². The monoisotopic (exact) mass is 395 g/mol. The van der Waals surface area contributed by atoms with Crippen LogP contribution in [-0.4, -0.2) is 42.9 Å². The van der Waals surface area contributed by atoms with Crippen LogP contribution in [0.3, 0.4) is 0 Å². The summed E-state index contributed by atoms with van der Waals surface area (Å²) in [5.41, 5.74) is 3.15. The van der Waals surface area contributed by atoms with E-state index >= 15 is 0 Å². The maximum atomic E-state index is 12.9. The Morgan fingerprint density at radius 3 is 2.72 bits per heavy atom. The van der Waals surface area contributed by atoms with E-state index in [1.165, 1.54) is 12.8 Å². The van der Waals surface area contributed by atoms with E-state index in [0.29, 0.717) is 13.1 Å². The van der Waals surface area contributed by atoms with E-state index in [1.54, 1.807) is 11.2 Å². The number of anilines is 1. The van der Waals surface area contributed by atoms with Crippen LogP contribution in [0.5, 0.6) is 0 Å². The van der Waals surface area contributed by atoms with Crippen molar-refractivity contribution in [2.75, 3.05) is 31.1 Å². The molecule has 0 radical (unpaired) electrons. The maximum Gasteiger partial charge on any atom is 0.227 e. The standard InChI is InChI=1S/C23H29N3O3/c1-16-7-5-8-19(17(16)2)26-15-18(13-22(26)27)23(28)24-14-20(21-9-6-12-29-21)25-10-3-4-11-25/h5-9,12,18,20H,3-4,10-11,13-15H2,1-2H3,(H,24,28)/t18-,20-/m0/s1. The molecule has 0 unspecified atom stereocenters. The summed E-state index contributed by atoms with van der Waals surface area (Å²) in [5.74, 6) is 0.521. The average Bonchev–Trinajstić information content (AvgIpc) is 3.46. The molecule has 29 heavy (non-hydrogen) atoms. The molecule has 6 nitrogen and oxygen atoms in total. The fourth-order valence-corrected chi connectivity index (χ4v) is 4.43. The number of aryl methyl sites for hydroxylation is 1. The number of nitrogens with zero attached hydrogens (tertiary/aromatic N) is 2. The van der Waals surface area contributed by atoms with Crippen molar-refractivity contribution in [3.8, 4) is 0 Å². The molecule has 154 valence electrons. The number of hydrogen-bond acceptors (Lipinski definition) is 4. The number of carbonyl (C=O) groups is 2. The second kappa shape index (κ2) is 8.41. The molecule has 0 bridgehead atoms. The molecule has 4 rings (SSSR count). The molecule has 2 fully saturated rings. The Hall–Kier alpha value is -2.60. The second-order valence-corrected chi connectivity index (χ2v) is 8.14. The first kappa shape index (κ1) is 19.7. The zero-order valence-electron chi connectivity index (χ0n) is 17.2. The number of nitrogens with one attached hydrogen (secondary N) is 1. The van der Waals surface area contributed by atoms with Crippen LogP contribution in [0.4, 0.5) is 5.69 Å². The van der Waals surface area contributed by atoms with Gasteiger partial charge in [-0.05, 0) is 69.1 Å². The molecule has 2 saturated heterocycles. The van der Waals surface area contributed by atoms with Crippen LogP contribution in [-0.2, 0) is 9.59 Å². The lowest BCUT2D eigenvalue weighted by atomic mass is 10.1. The van der Waals surface area contributed by atoms with Crippen molar-refractivity contribution >= 4 is 17.5 Å². The smallest absolute Gasteiger partial charge is 0.227 e. The highest BCUT2D eigenvalue weighted by Crippen LogP contribution is 2.30. The quantitative estimate of drug-likeness (QED) is 0.816. The van der Waals surface area contributed by atoms with Crippen LogP contribution >= 0.6 is 0 Å². The summed E-state index contributed by atoms with van der Waals surface area (Å²) >= 11 is 0. The first-order chi connectivity index (χ1) is 14.0. The van der Waals surface area contributed by atoms with Crippen molar-refractivity contribution in [1.82, 2.24) is 10.2 Å². The number of benzene rings is 1. The lowest BCUT2D eigenvalue weighted by Gasteiger charge is -2.26. The summed E-state index contributed by atoms with van der Waals surface area (Å²) in [6.07, 6.45) is 4.28. The van der Waals surface area contributed by atoms with Crippen molar-refractivity contribution in [2.24, 2.45) is 5.92 Å². The van der Waals surface area contributed by atoms with Crippen molar-refractivity contribution in [3.05, 3.63) is 53.5 Å². The van der Waals surface area contributed by atoms with Gasteiger partial charge in [-0.25, -0.2) is 0 Å². The van der Waals surface area contributed by atoms with Crippen molar-refractivity contribution < 1.29 is 14.0 Å². The molecule has 3 heterocycles.